The van der Waals surface area contributed by atoms with Crippen molar-refractivity contribution in [3.05, 3.63) is 17.0 Å². The summed E-state index contributed by atoms with van der Waals surface area (Å²) in [5.41, 5.74) is 0.211. The Balaban J connectivity index is 2.54. The molecule has 150 valence electrons. The van der Waals surface area contributed by atoms with Crippen molar-refractivity contribution in [2.24, 2.45) is 10.4 Å². The fourth-order valence-electron chi connectivity index (χ4n) is 2.43. The van der Waals surface area contributed by atoms with Crippen LogP contribution in [0.2, 0.25) is 0 Å². The summed E-state index contributed by atoms with van der Waals surface area (Å²) in [6.45, 7) is 8.14. The maximum Gasteiger partial charge on any atom is 0.252 e. The molecule has 1 aromatic rings. The number of hydrogen-bond donors (Lipinski definition) is 2. The number of thiophene rings is 1. The van der Waals surface area contributed by atoms with Crippen molar-refractivity contribution in [3.63, 3.8) is 0 Å². The summed E-state index contributed by atoms with van der Waals surface area (Å²) in [5, 5.41) is 6.64. The van der Waals surface area contributed by atoms with E-state index in [1.165, 1.54) is 41.3 Å². The van der Waals surface area contributed by atoms with E-state index in [4.69, 9.17) is 0 Å². The van der Waals surface area contributed by atoms with Crippen LogP contribution in [0.1, 0.15) is 51.3 Å². The van der Waals surface area contributed by atoms with Crippen LogP contribution in [0.4, 0.5) is 0 Å². The molecule has 2 N–H and O–H groups in total. The summed E-state index contributed by atoms with van der Waals surface area (Å²) >= 11 is 1.28. The van der Waals surface area contributed by atoms with Gasteiger partial charge >= 0.3 is 0 Å². The first kappa shape index (κ1) is 22.9. The molecule has 1 rings (SSSR count). The van der Waals surface area contributed by atoms with Gasteiger partial charge in [-0.05, 0) is 24.0 Å². The van der Waals surface area contributed by atoms with Gasteiger partial charge in [0.2, 0.25) is 0 Å². The van der Waals surface area contributed by atoms with Gasteiger partial charge in [0.1, 0.15) is 4.21 Å². The third kappa shape index (κ3) is 7.25. The molecule has 0 fully saturated rings. The van der Waals surface area contributed by atoms with Crippen molar-refractivity contribution >= 4 is 27.3 Å². The molecular formula is C18H34N4O2S2. The number of rotatable bonds is 10. The average molecular weight is 403 g/mol. The molecule has 0 amide bonds. The van der Waals surface area contributed by atoms with E-state index in [0.717, 1.165) is 17.4 Å². The van der Waals surface area contributed by atoms with Gasteiger partial charge in [-0.2, -0.15) is 0 Å². The Morgan fingerprint density at radius 1 is 1.23 bits per heavy atom. The van der Waals surface area contributed by atoms with E-state index >= 15 is 0 Å². The number of guanidine groups is 1. The Morgan fingerprint density at radius 2 is 1.92 bits per heavy atom. The lowest BCUT2D eigenvalue weighted by Crippen LogP contribution is -2.41. The van der Waals surface area contributed by atoms with Crippen LogP contribution >= 0.6 is 11.3 Å². The van der Waals surface area contributed by atoms with E-state index in [0.29, 0.717) is 10.8 Å². The van der Waals surface area contributed by atoms with Gasteiger partial charge < -0.3 is 10.6 Å². The van der Waals surface area contributed by atoms with Gasteiger partial charge in [-0.3, -0.25) is 4.99 Å². The lowest BCUT2D eigenvalue weighted by atomic mass is 9.87. The zero-order valence-electron chi connectivity index (χ0n) is 16.9. The normalized spacial score (nSPS) is 13.3. The second-order valence-corrected chi connectivity index (χ2v) is 11.0. The molecule has 0 atom stereocenters. The lowest BCUT2D eigenvalue weighted by Gasteiger charge is -2.26. The molecule has 0 saturated heterocycles. The van der Waals surface area contributed by atoms with E-state index in [1.54, 1.807) is 27.2 Å². The highest BCUT2D eigenvalue weighted by Gasteiger charge is 2.20. The predicted molar refractivity (Wildman–Crippen MR) is 111 cm³/mol. The standard InChI is InChI=1S/C18H34N4O2S2/c1-7-8-9-12-18(2,3)14-21-17(19-4)20-13-15-10-11-16(25-15)26(23,24)22(5)6/h10-11H,7-9,12-14H2,1-6H3,(H2,19,20,21). The van der Waals surface area contributed by atoms with Crippen LogP contribution in [0.3, 0.4) is 0 Å². The van der Waals surface area contributed by atoms with Crippen LogP contribution in [0, 0.1) is 5.41 Å². The first-order valence-corrected chi connectivity index (χ1v) is 11.3. The molecule has 0 aliphatic carbocycles. The number of hydrogen-bond acceptors (Lipinski definition) is 4. The Bertz CT molecular complexity index is 679. The fourth-order valence-corrected chi connectivity index (χ4v) is 4.89. The molecule has 0 unspecified atom stereocenters. The highest BCUT2D eigenvalue weighted by atomic mass is 32.2. The molecule has 0 aromatic carbocycles. The van der Waals surface area contributed by atoms with E-state index in [9.17, 15) is 8.42 Å². The SMILES string of the molecule is CCCCCC(C)(C)CNC(=NC)NCc1ccc(S(=O)(=O)N(C)C)s1. The van der Waals surface area contributed by atoms with Gasteiger partial charge in [0.15, 0.2) is 5.96 Å². The molecule has 8 heteroatoms. The van der Waals surface area contributed by atoms with Gasteiger partial charge in [-0.25, -0.2) is 12.7 Å². The Morgan fingerprint density at radius 3 is 2.50 bits per heavy atom. The van der Waals surface area contributed by atoms with Crippen LogP contribution in [0.5, 0.6) is 0 Å². The monoisotopic (exact) mass is 402 g/mol. The van der Waals surface area contributed by atoms with E-state index in [2.05, 4.69) is 36.4 Å². The molecule has 1 heterocycles. The third-order valence-corrected chi connectivity index (χ3v) is 7.58. The highest BCUT2D eigenvalue weighted by molar-refractivity contribution is 7.91. The molecular weight excluding hydrogens is 368 g/mol. The largest absolute Gasteiger partial charge is 0.356 e. The van der Waals surface area contributed by atoms with Crippen molar-refractivity contribution in [1.29, 1.82) is 0 Å². The molecule has 0 spiro atoms. The Labute approximate surface area is 163 Å². The van der Waals surface area contributed by atoms with Gasteiger partial charge in [-0.15, -0.1) is 11.3 Å². The fraction of sp³-hybridized carbons (Fsp3) is 0.722. The maximum absolute atomic E-state index is 12.1. The molecule has 26 heavy (non-hydrogen) atoms. The average Bonchev–Trinajstić information content (AvgIpc) is 3.04. The molecule has 0 bridgehead atoms. The van der Waals surface area contributed by atoms with E-state index in [-0.39, 0.29) is 5.41 Å². The highest BCUT2D eigenvalue weighted by Crippen LogP contribution is 2.24. The minimum absolute atomic E-state index is 0.211. The predicted octanol–water partition coefficient (Wildman–Crippen LogP) is 3.27. The second-order valence-electron chi connectivity index (χ2n) is 7.41. The summed E-state index contributed by atoms with van der Waals surface area (Å²) in [7, 11) is 1.47. The maximum atomic E-state index is 12.1. The number of nitrogens with zero attached hydrogens (tertiary/aromatic N) is 2. The van der Waals surface area contributed by atoms with Gasteiger partial charge in [0.25, 0.3) is 10.0 Å². The lowest BCUT2D eigenvalue weighted by molar-refractivity contribution is 0.318. The zero-order valence-corrected chi connectivity index (χ0v) is 18.6. The summed E-state index contributed by atoms with van der Waals surface area (Å²) in [4.78, 5) is 5.21. The van der Waals surface area contributed by atoms with Crippen molar-refractivity contribution in [1.82, 2.24) is 14.9 Å². The van der Waals surface area contributed by atoms with Crippen molar-refractivity contribution < 1.29 is 8.42 Å². The quantitative estimate of drug-likeness (QED) is 0.358. The van der Waals surface area contributed by atoms with Crippen molar-refractivity contribution in [3.8, 4) is 0 Å². The molecule has 0 aliphatic heterocycles. The minimum atomic E-state index is -3.36. The van der Waals surface area contributed by atoms with Crippen molar-refractivity contribution in [2.45, 2.75) is 57.2 Å². The van der Waals surface area contributed by atoms with Crippen LogP contribution in [-0.2, 0) is 16.6 Å². The Kier molecular flexibility index (Phi) is 9.06. The first-order valence-electron chi connectivity index (χ1n) is 9.08. The molecule has 1 aromatic heterocycles. The molecule has 6 nitrogen and oxygen atoms in total. The summed E-state index contributed by atoms with van der Waals surface area (Å²) in [5.74, 6) is 0.735. The second kappa shape index (κ2) is 10.3. The van der Waals surface area contributed by atoms with Crippen LogP contribution < -0.4 is 10.6 Å². The molecule has 0 aliphatic rings. The Hall–Kier alpha value is -1.12. The van der Waals surface area contributed by atoms with Gasteiger partial charge in [0, 0.05) is 32.6 Å². The first-order chi connectivity index (χ1) is 12.1. The zero-order chi connectivity index (χ0) is 19.8. The summed E-state index contributed by atoms with van der Waals surface area (Å²) in [6, 6.07) is 3.50. The van der Waals surface area contributed by atoms with Gasteiger partial charge in [-0.1, -0.05) is 40.0 Å². The molecule has 0 radical (unpaired) electrons. The summed E-state index contributed by atoms with van der Waals surface area (Å²) < 4.78 is 25.9. The smallest absolute Gasteiger partial charge is 0.252 e. The van der Waals surface area contributed by atoms with Crippen molar-refractivity contribution in [2.75, 3.05) is 27.7 Å². The van der Waals surface area contributed by atoms with Crippen LogP contribution in [-0.4, -0.2) is 46.4 Å². The number of sulfonamides is 1. The minimum Gasteiger partial charge on any atom is -0.356 e. The number of unbranched alkanes of at least 4 members (excludes halogenated alkanes) is 2. The van der Waals surface area contributed by atoms with Crippen LogP contribution in [0.15, 0.2) is 21.3 Å². The van der Waals surface area contributed by atoms with E-state index < -0.39 is 10.0 Å². The van der Waals surface area contributed by atoms with Crippen LogP contribution in [0.25, 0.3) is 0 Å². The van der Waals surface area contributed by atoms with E-state index in [1.807, 2.05) is 6.07 Å². The summed E-state index contributed by atoms with van der Waals surface area (Å²) in [6.07, 6.45) is 4.93. The topological polar surface area (TPSA) is 73.8 Å². The van der Waals surface area contributed by atoms with Gasteiger partial charge in [0.05, 0.1) is 6.54 Å². The third-order valence-electron chi connectivity index (χ3n) is 4.22. The number of nitrogens with one attached hydrogen (secondary N) is 2. The number of aliphatic imine (C=N–C) groups is 1. The molecule has 0 saturated carbocycles.